The maximum absolute atomic E-state index is 13.7. The maximum Gasteiger partial charge on any atom is 0.271 e. The summed E-state index contributed by atoms with van der Waals surface area (Å²) in [7, 11) is 0. The van der Waals surface area contributed by atoms with Crippen LogP contribution >= 0.6 is 57.6 Å². The normalized spacial score (nSPS) is 14.8. The summed E-state index contributed by atoms with van der Waals surface area (Å²) < 4.78 is 12.5. The third-order valence-electron chi connectivity index (χ3n) is 5.98. The van der Waals surface area contributed by atoms with Crippen molar-refractivity contribution in [1.29, 1.82) is 0 Å². The molecule has 2 amide bonds. The van der Waals surface area contributed by atoms with Crippen LogP contribution < -0.4 is 19.7 Å². The summed E-state index contributed by atoms with van der Waals surface area (Å²) in [5, 5.41) is 4.03. The first kappa shape index (κ1) is 30.9. The van der Waals surface area contributed by atoms with Crippen LogP contribution in [0.2, 0.25) is 10.0 Å². The van der Waals surface area contributed by atoms with E-state index >= 15 is 0 Å². The Balaban J connectivity index is 1.39. The quantitative estimate of drug-likeness (QED) is 0.137. The fourth-order valence-electron chi connectivity index (χ4n) is 4.10. The van der Waals surface area contributed by atoms with Gasteiger partial charge in [0, 0.05) is 5.69 Å². The minimum atomic E-state index is -0.373. The third kappa shape index (κ3) is 7.72. The molecule has 0 bridgehead atoms. The lowest BCUT2D eigenvalue weighted by Gasteiger charge is -2.15. The number of amides is 2. The molecule has 11 heteroatoms. The number of benzene rings is 4. The van der Waals surface area contributed by atoms with E-state index in [0.29, 0.717) is 47.5 Å². The number of para-hydroxylation sites is 2. The van der Waals surface area contributed by atoms with Crippen LogP contribution in [0.25, 0.3) is 6.08 Å². The first-order valence-corrected chi connectivity index (χ1v) is 15.7. The fraction of sp³-hybridized carbons (Fsp3) is 0.0938. The van der Waals surface area contributed by atoms with Gasteiger partial charge >= 0.3 is 0 Å². The van der Waals surface area contributed by atoms with Crippen molar-refractivity contribution >= 4 is 97.7 Å². The average molecular weight is 744 g/mol. The van der Waals surface area contributed by atoms with Crippen molar-refractivity contribution in [2.45, 2.75) is 6.92 Å². The van der Waals surface area contributed by atoms with Crippen LogP contribution in [0.5, 0.6) is 11.5 Å². The van der Waals surface area contributed by atoms with Gasteiger partial charge in [0.05, 0.1) is 36.5 Å². The van der Waals surface area contributed by atoms with Crippen molar-refractivity contribution in [1.82, 2.24) is 0 Å². The van der Waals surface area contributed by atoms with Crippen LogP contribution in [0, 0.1) is 3.57 Å². The first-order valence-electron chi connectivity index (χ1n) is 13.1. The van der Waals surface area contributed by atoms with E-state index in [0.717, 1.165) is 16.9 Å². The molecule has 1 saturated heterocycles. The van der Waals surface area contributed by atoms with E-state index in [1.165, 1.54) is 11.8 Å². The lowest BCUT2D eigenvalue weighted by atomic mass is 10.1. The average Bonchev–Trinajstić information content (AvgIpc) is 3.29. The molecule has 4 aromatic rings. The maximum atomic E-state index is 13.7. The molecule has 43 heavy (non-hydrogen) atoms. The second-order valence-electron chi connectivity index (χ2n) is 9.05. The molecule has 0 aliphatic carbocycles. The number of thioether (sulfide) groups is 1. The number of rotatable bonds is 9. The predicted octanol–water partition coefficient (Wildman–Crippen LogP) is 8.82. The molecule has 1 aliphatic heterocycles. The number of anilines is 2. The highest BCUT2D eigenvalue weighted by Gasteiger charge is 2.34. The number of nitrogens with one attached hydrogen (secondary N) is 1. The number of ether oxygens (including phenoxy) is 2. The molecule has 0 saturated carbocycles. The molecular formula is C32H24Cl2IN3O4S. The Bertz CT molecular complexity index is 1720. The van der Waals surface area contributed by atoms with Crippen molar-refractivity contribution in [3.63, 3.8) is 0 Å². The van der Waals surface area contributed by atoms with Gasteiger partial charge in [-0.05, 0) is 108 Å². The van der Waals surface area contributed by atoms with E-state index in [-0.39, 0.29) is 18.4 Å². The Hall–Kier alpha value is -3.51. The van der Waals surface area contributed by atoms with E-state index in [1.54, 1.807) is 29.2 Å². The van der Waals surface area contributed by atoms with Gasteiger partial charge < -0.3 is 14.8 Å². The van der Waals surface area contributed by atoms with Gasteiger partial charge in [0.2, 0.25) is 0 Å². The molecule has 0 spiro atoms. The zero-order valence-corrected chi connectivity index (χ0v) is 27.2. The SMILES string of the molecule is CCOc1cc(/C=C2/SC(=Nc3ccccc3)N(c3ccccc3)C2=O)cc(I)c1OCC(=O)Nc1ccc(Cl)c(Cl)c1. The Labute approximate surface area is 277 Å². The van der Waals surface area contributed by atoms with E-state index in [9.17, 15) is 9.59 Å². The predicted molar refractivity (Wildman–Crippen MR) is 184 cm³/mol. The van der Waals surface area contributed by atoms with Crippen LogP contribution in [-0.2, 0) is 9.59 Å². The molecule has 0 aromatic heterocycles. The molecule has 5 rings (SSSR count). The zero-order chi connectivity index (χ0) is 30.3. The second-order valence-corrected chi connectivity index (χ2v) is 12.0. The van der Waals surface area contributed by atoms with Crippen molar-refractivity contribution in [3.05, 3.63) is 115 Å². The van der Waals surface area contributed by atoms with Gasteiger partial charge in [0.15, 0.2) is 23.3 Å². The van der Waals surface area contributed by atoms with E-state index in [1.807, 2.05) is 79.7 Å². The van der Waals surface area contributed by atoms with Gasteiger partial charge in [-0.2, -0.15) is 0 Å². The monoisotopic (exact) mass is 743 g/mol. The highest BCUT2D eigenvalue weighted by atomic mass is 127. The summed E-state index contributed by atoms with van der Waals surface area (Å²) in [5.74, 6) is 0.328. The third-order valence-corrected chi connectivity index (χ3v) is 8.49. The van der Waals surface area contributed by atoms with Crippen LogP contribution in [0.4, 0.5) is 17.1 Å². The van der Waals surface area contributed by atoms with Gasteiger partial charge in [0.1, 0.15) is 0 Å². The number of carbonyl (C=O) groups is 2. The summed E-state index contributed by atoms with van der Waals surface area (Å²) in [6, 6.07) is 27.4. The summed E-state index contributed by atoms with van der Waals surface area (Å²) >= 11 is 15.4. The van der Waals surface area contributed by atoms with Crippen molar-refractivity contribution in [3.8, 4) is 11.5 Å². The fourth-order valence-corrected chi connectivity index (χ4v) is 6.18. The molecule has 7 nitrogen and oxygen atoms in total. The second kappa shape index (κ2) is 14.3. The molecule has 4 aromatic carbocycles. The molecule has 1 heterocycles. The van der Waals surface area contributed by atoms with Crippen molar-refractivity contribution < 1.29 is 19.1 Å². The lowest BCUT2D eigenvalue weighted by Crippen LogP contribution is -2.28. The highest BCUT2D eigenvalue weighted by molar-refractivity contribution is 14.1. The van der Waals surface area contributed by atoms with Crippen LogP contribution in [-0.4, -0.2) is 30.2 Å². The number of halogens is 3. The molecular weight excluding hydrogens is 720 g/mol. The molecule has 1 N–H and O–H groups in total. The smallest absolute Gasteiger partial charge is 0.271 e. The Kier molecular flexibility index (Phi) is 10.3. The van der Waals surface area contributed by atoms with Crippen molar-refractivity contribution in [2.24, 2.45) is 4.99 Å². The summed E-state index contributed by atoms with van der Waals surface area (Å²) in [5.41, 5.74) is 2.72. The van der Waals surface area contributed by atoms with E-state index in [2.05, 4.69) is 27.9 Å². The van der Waals surface area contributed by atoms with Gasteiger partial charge in [-0.25, -0.2) is 4.99 Å². The van der Waals surface area contributed by atoms with Crippen LogP contribution in [0.1, 0.15) is 12.5 Å². The van der Waals surface area contributed by atoms with Crippen LogP contribution in [0.15, 0.2) is 101 Å². The Morgan fingerprint density at radius 1 is 0.977 bits per heavy atom. The summed E-state index contributed by atoms with van der Waals surface area (Å²) in [6.45, 7) is 1.99. The van der Waals surface area contributed by atoms with Gasteiger partial charge in [-0.3, -0.25) is 14.5 Å². The minimum absolute atomic E-state index is 0.182. The minimum Gasteiger partial charge on any atom is -0.490 e. The number of nitrogens with zero attached hydrogens (tertiary/aromatic N) is 2. The molecule has 0 atom stereocenters. The van der Waals surface area contributed by atoms with Gasteiger partial charge in [-0.1, -0.05) is 59.6 Å². The standard InChI is InChI=1S/C32H24Cl2IN3O4S/c1-2-41-27-16-20(15-26(35)30(27)42-19-29(39)36-22-13-14-24(33)25(34)18-22)17-28-31(40)38(23-11-7-4-8-12-23)32(43-28)37-21-9-5-3-6-10-21/h3-18H,2,19H2,1H3,(H,36,39)/b28-17+,37-32?. The van der Waals surface area contributed by atoms with Crippen molar-refractivity contribution in [2.75, 3.05) is 23.4 Å². The van der Waals surface area contributed by atoms with Gasteiger partial charge in [-0.15, -0.1) is 0 Å². The number of aliphatic imine (C=N–C) groups is 1. The molecule has 1 aliphatic rings. The van der Waals surface area contributed by atoms with Crippen LogP contribution in [0.3, 0.4) is 0 Å². The number of amidine groups is 1. The number of hydrogen-bond acceptors (Lipinski definition) is 6. The Morgan fingerprint density at radius 3 is 2.40 bits per heavy atom. The van der Waals surface area contributed by atoms with E-state index < -0.39 is 0 Å². The van der Waals surface area contributed by atoms with E-state index in [4.69, 9.17) is 37.7 Å². The molecule has 218 valence electrons. The summed E-state index contributed by atoms with van der Waals surface area (Å²) in [6.07, 6.45) is 1.81. The largest absolute Gasteiger partial charge is 0.490 e. The lowest BCUT2D eigenvalue weighted by molar-refractivity contribution is -0.118. The highest BCUT2D eigenvalue weighted by Crippen LogP contribution is 2.40. The zero-order valence-electron chi connectivity index (χ0n) is 22.7. The first-order chi connectivity index (χ1) is 20.8. The Morgan fingerprint density at radius 2 is 1.70 bits per heavy atom. The van der Waals surface area contributed by atoms with Gasteiger partial charge in [0.25, 0.3) is 11.8 Å². The molecule has 1 fully saturated rings. The number of hydrogen-bond donors (Lipinski definition) is 1. The topological polar surface area (TPSA) is 80.2 Å². The molecule has 0 radical (unpaired) electrons. The summed E-state index contributed by atoms with van der Waals surface area (Å²) in [4.78, 5) is 33.1. The molecule has 0 unspecified atom stereocenters. The number of carbonyl (C=O) groups excluding carboxylic acids is 2.